The van der Waals surface area contributed by atoms with Crippen molar-refractivity contribution in [3.05, 3.63) is 12.2 Å². The van der Waals surface area contributed by atoms with E-state index in [2.05, 4.69) is 13.0 Å². The molecule has 0 aromatic carbocycles. The first-order valence-electron chi connectivity index (χ1n) is 4.31. The first-order valence-corrected chi connectivity index (χ1v) is 4.31. The average Bonchev–Trinajstić information content (AvgIpc) is 2.50. The topological polar surface area (TPSA) is 18.5 Å². The lowest BCUT2D eigenvalue weighted by Crippen LogP contribution is -2.09. The minimum absolute atomic E-state index is 0.0662. The van der Waals surface area contributed by atoms with Crippen molar-refractivity contribution >= 4 is 0 Å². The van der Waals surface area contributed by atoms with Gasteiger partial charge in [-0.2, -0.15) is 0 Å². The Kier molecular flexibility index (Phi) is 4.24. The van der Waals surface area contributed by atoms with Crippen molar-refractivity contribution in [3.8, 4) is 0 Å². The van der Waals surface area contributed by atoms with Gasteiger partial charge in [0.25, 0.3) is 0 Å². The zero-order valence-corrected chi connectivity index (χ0v) is 7.08. The molecule has 2 heteroatoms. The molecule has 11 heavy (non-hydrogen) atoms. The summed E-state index contributed by atoms with van der Waals surface area (Å²) in [5, 5.41) is 0. The van der Waals surface area contributed by atoms with Gasteiger partial charge in [-0.05, 0) is 12.8 Å². The van der Waals surface area contributed by atoms with Crippen molar-refractivity contribution in [1.29, 1.82) is 0 Å². The molecule has 1 aliphatic heterocycles. The number of hydrogen-bond donors (Lipinski definition) is 0. The van der Waals surface area contributed by atoms with Gasteiger partial charge in [0.15, 0.2) is 6.29 Å². The zero-order chi connectivity index (χ0) is 7.94. The highest BCUT2D eigenvalue weighted by molar-refractivity contribution is 4.79. The van der Waals surface area contributed by atoms with E-state index in [4.69, 9.17) is 9.47 Å². The largest absolute Gasteiger partial charge is 0.353 e. The van der Waals surface area contributed by atoms with Crippen LogP contribution in [0.15, 0.2) is 12.2 Å². The van der Waals surface area contributed by atoms with Gasteiger partial charge in [0, 0.05) is 13.0 Å². The van der Waals surface area contributed by atoms with Crippen LogP contribution in [-0.4, -0.2) is 19.5 Å². The summed E-state index contributed by atoms with van der Waals surface area (Å²) >= 11 is 0. The maximum absolute atomic E-state index is 5.40. The molecule has 0 amide bonds. The van der Waals surface area contributed by atoms with E-state index in [0.29, 0.717) is 6.61 Å². The Morgan fingerprint density at radius 3 is 3.09 bits per heavy atom. The van der Waals surface area contributed by atoms with Gasteiger partial charge < -0.3 is 9.47 Å². The Labute approximate surface area is 68.2 Å². The summed E-state index contributed by atoms with van der Waals surface area (Å²) in [6.07, 6.45) is 7.49. The van der Waals surface area contributed by atoms with Crippen molar-refractivity contribution in [3.63, 3.8) is 0 Å². The fourth-order valence-electron chi connectivity index (χ4n) is 1.08. The minimum Gasteiger partial charge on any atom is -0.353 e. The van der Waals surface area contributed by atoms with E-state index < -0.39 is 0 Å². The molecule has 2 nitrogen and oxygen atoms in total. The van der Waals surface area contributed by atoms with Gasteiger partial charge in [-0.1, -0.05) is 19.1 Å². The molecule has 1 aliphatic rings. The lowest BCUT2D eigenvalue weighted by Gasteiger charge is -2.07. The molecule has 0 aromatic rings. The molecule has 0 saturated carbocycles. The molecule has 1 unspecified atom stereocenters. The Bertz CT molecular complexity index is 115. The molecule has 0 spiro atoms. The number of allylic oxidation sites excluding steroid dienone is 1. The summed E-state index contributed by atoms with van der Waals surface area (Å²) in [7, 11) is 0. The molecule has 64 valence electrons. The van der Waals surface area contributed by atoms with Crippen molar-refractivity contribution in [1.82, 2.24) is 0 Å². The molecule has 1 saturated heterocycles. The van der Waals surface area contributed by atoms with Crippen LogP contribution < -0.4 is 0 Å². The number of ether oxygens (including phenoxy) is 2. The van der Waals surface area contributed by atoms with E-state index >= 15 is 0 Å². The molecule has 0 bridgehead atoms. The van der Waals surface area contributed by atoms with E-state index in [1.54, 1.807) is 0 Å². The summed E-state index contributed by atoms with van der Waals surface area (Å²) in [5.41, 5.74) is 0. The van der Waals surface area contributed by atoms with Crippen LogP contribution in [0.2, 0.25) is 0 Å². The lowest BCUT2D eigenvalue weighted by atomic mass is 10.4. The third-order valence-corrected chi connectivity index (χ3v) is 1.67. The molecule has 1 heterocycles. The summed E-state index contributed by atoms with van der Waals surface area (Å²) in [6.45, 7) is 3.67. The second-order valence-corrected chi connectivity index (χ2v) is 2.66. The van der Waals surface area contributed by atoms with Crippen LogP contribution in [0, 0.1) is 0 Å². The predicted octanol–water partition coefficient (Wildman–Crippen LogP) is 2.11. The summed E-state index contributed by atoms with van der Waals surface area (Å²) in [6, 6.07) is 0. The van der Waals surface area contributed by atoms with Gasteiger partial charge in [-0.3, -0.25) is 0 Å². The maximum Gasteiger partial charge on any atom is 0.158 e. The Morgan fingerprint density at radius 1 is 1.55 bits per heavy atom. The lowest BCUT2D eigenvalue weighted by molar-refractivity contribution is -0.101. The molecule has 0 N–H and O–H groups in total. The Balaban J connectivity index is 1.97. The van der Waals surface area contributed by atoms with E-state index in [9.17, 15) is 0 Å². The van der Waals surface area contributed by atoms with Crippen molar-refractivity contribution in [2.75, 3.05) is 13.2 Å². The zero-order valence-electron chi connectivity index (χ0n) is 7.08. The second-order valence-electron chi connectivity index (χ2n) is 2.66. The van der Waals surface area contributed by atoms with Crippen LogP contribution in [0.5, 0.6) is 0 Å². The first-order chi connectivity index (χ1) is 5.43. The highest BCUT2D eigenvalue weighted by Gasteiger charge is 2.14. The quantitative estimate of drug-likeness (QED) is 0.580. The Hall–Kier alpha value is -0.340. The van der Waals surface area contributed by atoms with Crippen molar-refractivity contribution in [2.45, 2.75) is 32.5 Å². The SMILES string of the molecule is CC/C=C/COC1CCCO1. The molecule has 1 atom stereocenters. The average molecular weight is 156 g/mol. The smallest absolute Gasteiger partial charge is 0.158 e. The van der Waals surface area contributed by atoms with Crippen LogP contribution in [0.3, 0.4) is 0 Å². The molecule has 0 aliphatic carbocycles. The van der Waals surface area contributed by atoms with Gasteiger partial charge in [-0.25, -0.2) is 0 Å². The predicted molar refractivity (Wildman–Crippen MR) is 44.4 cm³/mol. The van der Waals surface area contributed by atoms with Crippen molar-refractivity contribution < 1.29 is 9.47 Å². The van der Waals surface area contributed by atoms with Gasteiger partial charge in [0.05, 0.1) is 6.61 Å². The van der Waals surface area contributed by atoms with Gasteiger partial charge in [0.2, 0.25) is 0 Å². The van der Waals surface area contributed by atoms with Crippen molar-refractivity contribution in [2.24, 2.45) is 0 Å². The summed E-state index contributed by atoms with van der Waals surface area (Å²) < 4.78 is 10.7. The molecule has 0 radical (unpaired) electrons. The standard InChI is InChI=1S/C9H16O2/c1-2-3-4-7-10-9-6-5-8-11-9/h3-4,9H,2,5-8H2,1H3/b4-3+. The third kappa shape index (κ3) is 3.54. The second kappa shape index (κ2) is 5.33. The number of rotatable bonds is 4. The first kappa shape index (κ1) is 8.75. The maximum atomic E-state index is 5.40. The highest BCUT2D eigenvalue weighted by Crippen LogP contribution is 2.12. The normalized spacial score (nSPS) is 25.0. The monoisotopic (exact) mass is 156 g/mol. The van der Waals surface area contributed by atoms with Crippen LogP contribution >= 0.6 is 0 Å². The minimum atomic E-state index is 0.0662. The van der Waals surface area contributed by atoms with E-state index in [-0.39, 0.29) is 6.29 Å². The molecule has 1 rings (SSSR count). The fourth-order valence-corrected chi connectivity index (χ4v) is 1.08. The highest BCUT2D eigenvalue weighted by atomic mass is 16.7. The molecular weight excluding hydrogens is 140 g/mol. The molecule has 1 fully saturated rings. The third-order valence-electron chi connectivity index (χ3n) is 1.67. The summed E-state index contributed by atoms with van der Waals surface area (Å²) in [5.74, 6) is 0. The van der Waals surface area contributed by atoms with Crippen LogP contribution in [-0.2, 0) is 9.47 Å². The Morgan fingerprint density at radius 2 is 2.45 bits per heavy atom. The summed E-state index contributed by atoms with van der Waals surface area (Å²) in [4.78, 5) is 0. The van der Waals surface area contributed by atoms with Crippen LogP contribution in [0.25, 0.3) is 0 Å². The fraction of sp³-hybridized carbons (Fsp3) is 0.778. The van der Waals surface area contributed by atoms with Crippen LogP contribution in [0.4, 0.5) is 0 Å². The number of hydrogen-bond acceptors (Lipinski definition) is 2. The van der Waals surface area contributed by atoms with E-state index in [1.165, 1.54) is 0 Å². The molecular formula is C9H16O2. The van der Waals surface area contributed by atoms with E-state index in [0.717, 1.165) is 25.9 Å². The van der Waals surface area contributed by atoms with Gasteiger partial charge >= 0.3 is 0 Å². The van der Waals surface area contributed by atoms with E-state index in [1.807, 2.05) is 6.08 Å². The van der Waals surface area contributed by atoms with Gasteiger partial charge in [0.1, 0.15) is 0 Å². The van der Waals surface area contributed by atoms with Crippen LogP contribution in [0.1, 0.15) is 26.2 Å². The van der Waals surface area contributed by atoms with Gasteiger partial charge in [-0.15, -0.1) is 0 Å². The molecule has 0 aromatic heterocycles.